The molecule has 3 heteroatoms. The summed E-state index contributed by atoms with van der Waals surface area (Å²) < 4.78 is 19.4. The predicted octanol–water partition coefficient (Wildman–Crippen LogP) is 4.71. The monoisotopic (exact) mass is 295 g/mol. The number of ether oxygens (including phenoxy) is 1. The van der Waals surface area contributed by atoms with Crippen LogP contribution >= 0.6 is 0 Å². The Balaban J connectivity index is 2.61. The smallest absolute Gasteiger partial charge is 0.123 e. The predicted molar refractivity (Wildman–Crippen MR) is 86.9 cm³/mol. The van der Waals surface area contributed by atoms with Gasteiger partial charge in [-0.25, -0.2) is 4.39 Å². The third-order valence-corrected chi connectivity index (χ3v) is 3.28. The second kappa shape index (κ2) is 8.50. The normalized spacial score (nSPS) is 13.7. The van der Waals surface area contributed by atoms with Crippen LogP contribution in [0.5, 0.6) is 0 Å². The minimum absolute atomic E-state index is 0.0207. The van der Waals surface area contributed by atoms with Crippen molar-refractivity contribution in [1.82, 2.24) is 5.32 Å². The average molecular weight is 295 g/mol. The Morgan fingerprint density at radius 2 is 1.95 bits per heavy atom. The number of rotatable bonds is 8. The molecule has 21 heavy (non-hydrogen) atoms. The van der Waals surface area contributed by atoms with E-state index in [0.29, 0.717) is 19.1 Å². The van der Waals surface area contributed by atoms with Crippen LogP contribution in [0.2, 0.25) is 0 Å². The van der Waals surface area contributed by atoms with Crippen LogP contribution in [-0.4, -0.2) is 18.7 Å². The zero-order valence-electron chi connectivity index (χ0n) is 14.1. The van der Waals surface area contributed by atoms with Gasteiger partial charge in [-0.1, -0.05) is 26.0 Å². The molecule has 0 aliphatic heterocycles. The number of hydrogen-bond donors (Lipinski definition) is 1. The van der Waals surface area contributed by atoms with Gasteiger partial charge in [0, 0.05) is 18.7 Å². The van der Waals surface area contributed by atoms with E-state index in [2.05, 4.69) is 39.9 Å². The van der Waals surface area contributed by atoms with Gasteiger partial charge in [-0.2, -0.15) is 0 Å². The molecule has 1 aromatic carbocycles. The van der Waals surface area contributed by atoms with E-state index in [0.717, 1.165) is 18.4 Å². The average Bonchev–Trinajstić information content (AvgIpc) is 2.36. The highest BCUT2D eigenvalue weighted by Crippen LogP contribution is 2.19. The summed E-state index contributed by atoms with van der Waals surface area (Å²) in [5, 5.41) is 3.44. The van der Waals surface area contributed by atoms with Crippen molar-refractivity contribution in [2.45, 2.75) is 59.1 Å². The molecule has 1 aromatic rings. The van der Waals surface area contributed by atoms with Crippen molar-refractivity contribution < 1.29 is 9.13 Å². The summed E-state index contributed by atoms with van der Waals surface area (Å²) in [6, 6.07) is 6.71. The Labute approximate surface area is 129 Å². The quantitative estimate of drug-likeness (QED) is 0.701. The molecular formula is C18H30FNO. The highest BCUT2D eigenvalue weighted by molar-refractivity contribution is 5.19. The van der Waals surface area contributed by atoms with E-state index in [-0.39, 0.29) is 17.5 Å². The van der Waals surface area contributed by atoms with Gasteiger partial charge in [0.2, 0.25) is 0 Å². The van der Waals surface area contributed by atoms with Crippen molar-refractivity contribution in [2.75, 3.05) is 13.2 Å². The fraction of sp³-hybridized carbons (Fsp3) is 0.667. The molecule has 0 fully saturated rings. The van der Waals surface area contributed by atoms with Gasteiger partial charge in [0.1, 0.15) is 5.82 Å². The molecule has 0 aromatic heterocycles. The third-order valence-electron chi connectivity index (χ3n) is 3.28. The van der Waals surface area contributed by atoms with Crippen molar-refractivity contribution >= 4 is 0 Å². The lowest BCUT2D eigenvalue weighted by atomic mass is 10.1. The van der Waals surface area contributed by atoms with E-state index < -0.39 is 0 Å². The van der Waals surface area contributed by atoms with Crippen LogP contribution < -0.4 is 5.32 Å². The van der Waals surface area contributed by atoms with Gasteiger partial charge >= 0.3 is 0 Å². The maximum atomic E-state index is 13.4. The Bertz CT molecular complexity index is 412. The molecule has 0 amide bonds. The summed E-state index contributed by atoms with van der Waals surface area (Å²) in [6.45, 7) is 12.2. The Hall–Kier alpha value is -0.930. The second-order valence-electron chi connectivity index (χ2n) is 7.08. The van der Waals surface area contributed by atoms with Crippen LogP contribution in [-0.2, 0) is 4.74 Å². The summed E-state index contributed by atoms with van der Waals surface area (Å²) in [7, 11) is 0. The maximum absolute atomic E-state index is 13.4. The van der Waals surface area contributed by atoms with Gasteiger partial charge in [0.15, 0.2) is 0 Å². The lowest BCUT2D eigenvalue weighted by molar-refractivity contribution is 0.0444. The summed E-state index contributed by atoms with van der Waals surface area (Å²) in [6.07, 6.45) is 2.09. The van der Waals surface area contributed by atoms with E-state index in [1.807, 2.05) is 6.07 Å². The minimum Gasteiger partial charge on any atom is -0.372 e. The molecule has 2 nitrogen and oxygen atoms in total. The number of halogens is 1. The Morgan fingerprint density at radius 1 is 1.24 bits per heavy atom. The minimum atomic E-state index is -0.209. The van der Waals surface area contributed by atoms with Crippen molar-refractivity contribution in [3.8, 4) is 0 Å². The number of hydrogen-bond acceptors (Lipinski definition) is 2. The zero-order valence-corrected chi connectivity index (χ0v) is 14.1. The summed E-state index contributed by atoms with van der Waals surface area (Å²) in [5.41, 5.74) is 0.920. The largest absolute Gasteiger partial charge is 0.372 e. The molecule has 0 spiro atoms. The van der Waals surface area contributed by atoms with Gasteiger partial charge in [-0.15, -0.1) is 0 Å². The first-order valence-electron chi connectivity index (χ1n) is 7.90. The zero-order chi connectivity index (χ0) is 15.9. The van der Waals surface area contributed by atoms with Crippen LogP contribution in [0.3, 0.4) is 0 Å². The van der Waals surface area contributed by atoms with Crippen molar-refractivity contribution in [2.24, 2.45) is 5.92 Å². The van der Waals surface area contributed by atoms with Crippen LogP contribution in [0.4, 0.5) is 4.39 Å². The van der Waals surface area contributed by atoms with Gasteiger partial charge < -0.3 is 10.1 Å². The molecule has 1 N–H and O–H groups in total. The van der Waals surface area contributed by atoms with E-state index in [9.17, 15) is 4.39 Å². The summed E-state index contributed by atoms with van der Waals surface area (Å²) in [4.78, 5) is 0. The first-order valence-corrected chi connectivity index (χ1v) is 7.90. The molecule has 1 atom stereocenters. The first kappa shape index (κ1) is 18.1. The fourth-order valence-electron chi connectivity index (χ4n) is 2.10. The molecule has 0 bridgehead atoms. The highest BCUT2D eigenvalue weighted by atomic mass is 19.1. The number of benzene rings is 1. The first-order chi connectivity index (χ1) is 9.78. The number of nitrogens with one attached hydrogen (secondary N) is 1. The molecule has 0 radical (unpaired) electrons. The topological polar surface area (TPSA) is 21.3 Å². The SMILES string of the molecule is CC(C)CCCOC(CNC(C)(C)C)c1cccc(F)c1. The molecule has 0 aliphatic rings. The molecule has 1 unspecified atom stereocenters. The summed E-state index contributed by atoms with van der Waals surface area (Å²) >= 11 is 0. The van der Waals surface area contributed by atoms with Crippen molar-refractivity contribution in [1.29, 1.82) is 0 Å². The Kier molecular flexibility index (Phi) is 7.33. The Morgan fingerprint density at radius 3 is 2.52 bits per heavy atom. The van der Waals surface area contributed by atoms with Crippen LogP contribution in [0.25, 0.3) is 0 Å². The van der Waals surface area contributed by atoms with E-state index in [1.165, 1.54) is 6.07 Å². The van der Waals surface area contributed by atoms with E-state index in [1.54, 1.807) is 12.1 Å². The molecule has 120 valence electrons. The van der Waals surface area contributed by atoms with Gasteiger partial charge in [-0.3, -0.25) is 0 Å². The van der Waals surface area contributed by atoms with Gasteiger partial charge in [0.05, 0.1) is 6.10 Å². The molecule has 0 saturated carbocycles. The van der Waals surface area contributed by atoms with E-state index >= 15 is 0 Å². The second-order valence-corrected chi connectivity index (χ2v) is 7.08. The fourth-order valence-corrected chi connectivity index (χ4v) is 2.10. The van der Waals surface area contributed by atoms with Gasteiger partial charge in [0.25, 0.3) is 0 Å². The maximum Gasteiger partial charge on any atom is 0.123 e. The van der Waals surface area contributed by atoms with Crippen LogP contribution in [0.15, 0.2) is 24.3 Å². The van der Waals surface area contributed by atoms with Crippen LogP contribution in [0, 0.1) is 11.7 Å². The van der Waals surface area contributed by atoms with E-state index in [4.69, 9.17) is 4.74 Å². The van der Waals surface area contributed by atoms with Crippen molar-refractivity contribution in [3.63, 3.8) is 0 Å². The molecule has 0 heterocycles. The third kappa shape index (κ3) is 8.18. The lowest BCUT2D eigenvalue weighted by Crippen LogP contribution is -2.39. The molecule has 1 rings (SSSR count). The van der Waals surface area contributed by atoms with Crippen LogP contribution in [0.1, 0.15) is 59.1 Å². The lowest BCUT2D eigenvalue weighted by Gasteiger charge is -2.26. The van der Waals surface area contributed by atoms with Crippen molar-refractivity contribution in [3.05, 3.63) is 35.6 Å². The standard InChI is InChI=1S/C18H30FNO/c1-14(2)8-7-11-21-17(13-20-18(3,4)5)15-9-6-10-16(19)12-15/h6,9-10,12,14,17,20H,7-8,11,13H2,1-5H3. The molecule has 0 saturated heterocycles. The summed E-state index contributed by atoms with van der Waals surface area (Å²) in [5.74, 6) is 0.480. The molecular weight excluding hydrogens is 265 g/mol. The highest BCUT2D eigenvalue weighted by Gasteiger charge is 2.17. The van der Waals surface area contributed by atoms with Gasteiger partial charge in [-0.05, 0) is 57.2 Å². The molecule has 0 aliphatic carbocycles.